The Labute approximate surface area is 223 Å². The van der Waals surface area contributed by atoms with Crippen LogP contribution >= 0.6 is 0 Å². The summed E-state index contributed by atoms with van der Waals surface area (Å²) in [6.45, 7) is 4.31. The van der Waals surface area contributed by atoms with Crippen LogP contribution in [-0.4, -0.2) is 55.1 Å². The van der Waals surface area contributed by atoms with E-state index in [0.717, 1.165) is 26.2 Å². The lowest BCUT2D eigenvalue weighted by Crippen LogP contribution is -2.41. The largest absolute Gasteiger partial charge is 0.355 e. The fourth-order valence-corrected chi connectivity index (χ4v) is 5.66. The summed E-state index contributed by atoms with van der Waals surface area (Å²) in [7, 11) is 0.114. The third-order valence-corrected chi connectivity index (χ3v) is 8.43. The predicted octanol–water partition coefficient (Wildman–Crippen LogP) is 4.50. The first-order chi connectivity index (χ1) is 18.0. The molecule has 7 nitrogen and oxygen atoms in total. The smallest absolute Gasteiger partial charge is 0.283 e. The molecule has 0 bridgehead atoms. The van der Waals surface area contributed by atoms with Crippen molar-refractivity contribution in [3.05, 3.63) is 95.4 Å². The molecule has 0 radical (unpaired) electrons. The molecule has 9 heteroatoms. The number of likely N-dealkylation sites (N-methyl/N-ethyl adjacent to an activating group) is 1. The first-order valence-electron chi connectivity index (χ1n) is 12.5. The van der Waals surface area contributed by atoms with Crippen molar-refractivity contribution in [1.82, 2.24) is 19.4 Å². The minimum absolute atomic E-state index is 0.0245. The molecule has 1 amide bonds. The lowest BCUT2D eigenvalue weighted by molar-refractivity contribution is -0.121. The highest BCUT2D eigenvalue weighted by molar-refractivity contribution is 7.90. The molecule has 38 heavy (non-hydrogen) atoms. The monoisotopic (exact) mass is 536 g/mol. The number of nitrogens with one attached hydrogen (secondary N) is 1. The summed E-state index contributed by atoms with van der Waals surface area (Å²) in [6, 6.07) is 18.6. The van der Waals surface area contributed by atoms with E-state index in [-0.39, 0.29) is 28.6 Å². The number of carbonyl (C=O) groups is 1. The zero-order valence-corrected chi connectivity index (χ0v) is 22.9. The molecule has 0 aliphatic rings. The Hall–Kier alpha value is -3.56. The number of hydrogen-bond donors (Lipinski definition) is 1. The molecule has 0 aliphatic carbocycles. The number of halogens is 1. The summed E-state index contributed by atoms with van der Waals surface area (Å²) in [5.74, 6) is -0.382. The average Bonchev–Trinajstić information content (AvgIpc) is 3.31. The predicted molar refractivity (Wildman–Crippen MR) is 147 cm³/mol. The van der Waals surface area contributed by atoms with Gasteiger partial charge in [-0.3, -0.25) is 4.79 Å². The summed E-state index contributed by atoms with van der Waals surface area (Å²) in [6.07, 6.45) is 2.53. The van der Waals surface area contributed by atoms with Gasteiger partial charge in [-0.15, -0.1) is 0 Å². The topological polar surface area (TPSA) is 84.3 Å². The van der Waals surface area contributed by atoms with Gasteiger partial charge in [-0.05, 0) is 80.9 Å². The van der Waals surface area contributed by atoms with Crippen molar-refractivity contribution < 1.29 is 17.6 Å². The molecule has 0 aliphatic heterocycles. The molecule has 4 rings (SSSR count). The molecule has 0 spiro atoms. The van der Waals surface area contributed by atoms with Gasteiger partial charge in [-0.2, -0.15) is 17.6 Å². The molecule has 1 heterocycles. The number of carbonyl (C=O) groups excluding carboxylic acids is 1. The summed E-state index contributed by atoms with van der Waals surface area (Å²) in [5, 5.41) is 7.94. The number of aryl methyl sites for hydroxylation is 1. The van der Waals surface area contributed by atoms with Gasteiger partial charge in [0.15, 0.2) is 0 Å². The Morgan fingerprint density at radius 2 is 1.74 bits per heavy atom. The Balaban J connectivity index is 1.42. The van der Waals surface area contributed by atoms with E-state index in [1.165, 1.54) is 12.1 Å². The number of hydrogen-bond acceptors (Lipinski definition) is 5. The molecular weight excluding hydrogens is 503 g/mol. The SMILES string of the molecule is Cc1ccc(S(=O)(=O)n2ncc3cc(C[C@@H](CNC(=O)C[C@H](C)c4ccc(F)cc4)N(C)C)ccc32)cc1. The van der Waals surface area contributed by atoms with Crippen LogP contribution < -0.4 is 5.32 Å². The van der Waals surface area contributed by atoms with E-state index in [9.17, 15) is 17.6 Å². The van der Waals surface area contributed by atoms with Crippen molar-refractivity contribution >= 4 is 26.8 Å². The number of rotatable bonds is 10. The second kappa shape index (κ2) is 11.4. The van der Waals surface area contributed by atoms with Gasteiger partial charge in [-0.25, -0.2) is 4.39 Å². The highest BCUT2D eigenvalue weighted by Crippen LogP contribution is 2.23. The highest BCUT2D eigenvalue weighted by atomic mass is 32.2. The van der Waals surface area contributed by atoms with Gasteiger partial charge in [0, 0.05) is 24.4 Å². The van der Waals surface area contributed by atoms with Crippen molar-refractivity contribution in [2.45, 2.75) is 43.5 Å². The van der Waals surface area contributed by atoms with E-state index in [1.807, 2.05) is 40.1 Å². The molecule has 1 aromatic heterocycles. The average molecular weight is 537 g/mol. The molecule has 4 aromatic rings. The Morgan fingerprint density at radius 3 is 2.39 bits per heavy atom. The second-order valence-electron chi connectivity index (χ2n) is 9.98. The van der Waals surface area contributed by atoms with Crippen LogP contribution in [-0.2, 0) is 21.2 Å². The van der Waals surface area contributed by atoms with E-state index in [4.69, 9.17) is 0 Å². The van der Waals surface area contributed by atoms with Gasteiger partial charge in [0.25, 0.3) is 10.0 Å². The summed E-state index contributed by atoms with van der Waals surface area (Å²) in [5.41, 5.74) is 3.42. The van der Waals surface area contributed by atoms with E-state index >= 15 is 0 Å². The Bertz CT molecular complexity index is 1510. The molecule has 0 saturated heterocycles. The van der Waals surface area contributed by atoms with Crippen LogP contribution in [0.1, 0.15) is 36.0 Å². The molecule has 1 N–H and O–H groups in total. The fraction of sp³-hybridized carbons (Fsp3) is 0.310. The molecule has 3 aromatic carbocycles. The minimum atomic E-state index is -3.81. The van der Waals surface area contributed by atoms with Crippen LogP contribution in [0.15, 0.2) is 77.8 Å². The molecular formula is C29H33FN4O3S. The van der Waals surface area contributed by atoms with Crippen LogP contribution in [0.4, 0.5) is 4.39 Å². The second-order valence-corrected chi connectivity index (χ2v) is 11.7. The standard InChI is InChI=1S/C29H33FN4O3S/c1-20-5-12-27(13-6-20)38(36,37)34-28-14-7-22(16-24(28)18-32-34)17-26(33(3)4)19-31-29(35)15-21(2)23-8-10-25(30)11-9-23/h5-14,16,18,21,26H,15,17,19H2,1-4H3,(H,31,35)/t21-,26-/m0/s1. The summed E-state index contributed by atoms with van der Waals surface area (Å²) < 4.78 is 40.5. The van der Waals surface area contributed by atoms with E-state index in [0.29, 0.717) is 24.9 Å². The Kier molecular flexibility index (Phi) is 8.28. The van der Waals surface area contributed by atoms with Gasteiger partial charge >= 0.3 is 0 Å². The van der Waals surface area contributed by atoms with Crippen molar-refractivity contribution in [2.75, 3.05) is 20.6 Å². The van der Waals surface area contributed by atoms with Crippen LogP contribution in [0.2, 0.25) is 0 Å². The van der Waals surface area contributed by atoms with Crippen molar-refractivity contribution in [1.29, 1.82) is 0 Å². The molecule has 0 saturated carbocycles. The van der Waals surface area contributed by atoms with Crippen LogP contribution in [0.25, 0.3) is 10.9 Å². The Morgan fingerprint density at radius 1 is 1.05 bits per heavy atom. The highest BCUT2D eigenvalue weighted by Gasteiger charge is 2.21. The van der Waals surface area contributed by atoms with Crippen LogP contribution in [0, 0.1) is 12.7 Å². The molecule has 2 atom stereocenters. The van der Waals surface area contributed by atoms with Crippen LogP contribution in [0.5, 0.6) is 0 Å². The van der Waals surface area contributed by atoms with Gasteiger partial charge in [0.05, 0.1) is 16.6 Å². The third-order valence-electron chi connectivity index (χ3n) is 6.81. The van der Waals surface area contributed by atoms with Gasteiger partial charge in [0.2, 0.25) is 5.91 Å². The third kappa shape index (κ3) is 6.28. The van der Waals surface area contributed by atoms with Gasteiger partial charge < -0.3 is 10.2 Å². The van der Waals surface area contributed by atoms with Crippen molar-refractivity contribution in [3.8, 4) is 0 Å². The number of fused-ring (bicyclic) bond motifs is 1. The zero-order valence-electron chi connectivity index (χ0n) is 22.1. The maximum absolute atomic E-state index is 13.2. The summed E-state index contributed by atoms with van der Waals surface area (Å²) in [4.78, 5) is 14.9. The van der Waals surface area contributed by atoms with E-state index in [1.54, 1.807) is 48.7 Å². The quantitative estimate of drug-likeness (QED) is 0.323. The number of aromatic nitrogens is 2. The lowest BCUT2D eigenvalue weighted by atomic mass is 9.97. The number of amides is 1. The van der Waals surface area contributed by atoms with Crippen molar-refractivity contribution in [2.24, 2.45) is 0 Å². The number of nitrogens with zero attached hydrogens (tertiary/aromatic N) is 3. The maximum Gasteiger partial charge on any atom is 0.283 e. The van der Waals surface area contributed by atoms with Crippen molar-refractivity contribution in [3.63, 3.8) is 0 Å². The molecule has 0 fully saturated rings. The minimum Gasteiger partial charge on any atom is -0.355 e. The molecule has 0 unspecified atom stereocenters. The van der Waals surface area contributed by atoms with E-state index < -0.39 is 10.0 Å². The number of benzene rings is 3. The van der Waals surface area contributed by atoms with Crippen LogP contribution in [0.3, 0.4) is 0 Å². The maximum atomic E-state index is 13.2. The summed E-state index contributed by atoms with van der Waals surface area (Å²) >= 11 is 0. The lowest BCUT2D eigenvalue weighted by Gasteiger charge is -2.25. The molecule has 200 valence electrons. The normalized spacial score (nSPS) is 13.5. The van der Waals surface area contributed by atoms with Gasteiger partial charge in [0.1, 0.15) is 5.82 Å². The fourth-order valence-electron chi connectivity index (χ4n) is 4.39. The van der Waals surface area contributed by atoms with Gasteiger partial charge in [-0.1, -0.05) is 42.8 Å². The van der Waals surface area contributed by atoms with E-state index in [2.05, 4.69) is 15.3 Å². The zero-order chi connectivity index (χ0) is 27.4. The first-order valence-corrected chi connectivity index (χ1v) is 14.0. The first kappa shape index (κ1) is 27.5.